The van der Waals surface area contributed by atoms with Crippen LogP contribution in [0.2, 0.25) is 0 Å². The number of cyclic esters (lactones) is 2. The minimum Gasteiger partial charge on any atom is -0.385 e. The fourth-order valence-corrected chi connectivity index (χ4v) is 1.49. The second-order valence-electron chi connectivity index (χ2n) is 1.88. The summed E-state index contributed by atoms with van der Waals surface area (Å²) in [6.45, 7) is 0. The van der Waals surface area contributed by atoms with Gasteiger partial charge in [0, 0.05) is 5.38 Å². The van der Waals surface area contributed by atoms with E-state index < -0.39 is 11.9 Å². The van der Waals surface area contributed by atoms with Crippen molar-refractivity contribution in [3.8, 4) is 0 Å². The Morgan fingerprint density at radius 2 is 2.10 bits per heavy atom. The highest BCUT2D eigenvalue weighted by Gasteiger charge is 2.24. The van der Waals surface area contributed by atoms with Gasteiger partial charge in [-0.15, -0.1) is 11.3 Å². The SMILES string of the molecule is O=C1OC(=O)c2cc1cs2. The molecular weight excluding hydrogens is 152 g/mol. The first-order chi connectivity index (χ1) is 4.77. The molecular formula is C6H2O3S. The molecule has 3 nitrogen and oxygen atoms in total. The number of ether oxygens (including phenoxy) is 1. The Bertz CT molecular complexity index is 284. The highest BCUT2D eigenvalue weighted by molar-refractivity contribution is 7.12. The van der Waals surface area contributed by atoms with Crippen LogP contribution in [0.1, 0.15) is 20.0 Å². The maximum atomic E-state index is 10.7. The molecule has 0 radical (unpaired) electrons. The Labute approximate surface area is 60.2 Å². The molecule has 0 amide bonds. The van der Waals surface area contributed by atoms with Crippen LogP contribution < -0.4 is 0 Å². The van der Waals surface area contributed by atoms with E-state index in [1.54, 1.807) is 11.4 Å². The molecule has 0 spiro atoms. The second kappa shape index (κ2) is 1.67. The summed E-state index contributed by atoms with van der Waals surface area (Å²) in [6, 6.07) is 1.54. The molecule has 0 saturated heterocycles. The van der Waals surface area contributed by atoms with Crippen molar-refractivity contribution in [3.63, 3.8) is 0 Å². The van der Waals surface area contributed by atoms with Crippen LogP contribution in [0, 0.1) is 0 Å². The summed E-state index contributed by atoms with van der Waals surface area (Å²) < 4.78 is 4.34. The van der Waals surface area contributed by atoms with Crippen LogP contribution in [0.15, 0.2) is 11.4 Å². The quantitative estimate of drug-likeness (QED) is 0.414. The van der Waals surface area contributed by atoms with E-state index in [0.717, 1.165) is 0 Å². The lowest BCUT2D eigenvalue weighted by atomic mass is 10.3. The molecule has 1 aromatic rings. The lowest BCUT2D eigenvalue weighted by molar-refractivity contribution is 0.0391. The number of thiophene rings is 1. The zero-order valence-corrected chi connectivity index (χ0v) is 5.60. The van der Waals surface area contributed by atoms with Crippen LogP contribution in [-0.4, -0.2) is 11.9 Å². The summed E-state index contributed by atoms with van der Waals surface area (Å²) in [5.74, 6) is -1.08. The molecule has 0 fully saturated rings. The van der Waals surface area contributed by atoms with Gasteiger partial charge in [0.1, 0.15) is 4.88 Å². The normalized spacial score (nSPS) is 15.2. The average Bonchev–Trinajstić information content (AvgIpc) is 2.28. The molecule has 0 N–H and O–H groups in total. The lowest BCUT2D eigenvalue weighted by Gasteiger charge is -2.01. The number of carbonyl (C=O) groups excluding carboxylic acids is 2. The smallest absolute Gasteiger partial charge is 0.356 e. The first-order valence-electron chi connectivity index (χ1n) is 2.62. The Hall–Kier alpha value is -1.16. The molecule has 50 valence electrons. The van der Waals surface area contributed by atoms with Gasteiger partial charge in [-0.1, -0.05) is 0 Å². The monoisotopic (exact) mass is 154 g/mol. The minimum absolute atomic E-state index is 0.472. The van der Waals surface area contributed by atoms with Crippen LogP contribution in [0.25, 0.3) is 0 Å². The van der Waals surface area contributed by atoms with E-state index in [1.165, 1.54) is 11.3 Å². The van der Waals surface area contributed by atoms with Gasteiger partial charge >= 0.3 is 11.9 Å². The van der Waals surface area contributed by atoms with Crippen molar-refractivity contribution in [3.05, 3.63) is 21.9 Å². The van der Waals surface area contributed by atoms with Gasteiger partial charge in [0.2, 0.25) is 0 Å². The first-order valence-corrected chi connectivity index (χ1v) is 3.50. The van der Waals surface area contributed by atoms with Gasteiger partial charge < -0.3 is 4.74 Å². The van der Waals surface area contributed by atoms with Gasteiger partial charge in [0.15, 0.2) is 0 Å². The van der Waals surface area contributed by atoms with Gasteiger partial charge in [0.05, 0.1) is 5.56 Å². The van der Waals surface area contributed by atoms with Crippen LogP contribution in [0.3, 0.4) is 0 Å². The molecule has 0 saturated carbocycles. The number of rotatable bonds is 0. The number of hydrogen-bond donors (Lipinski definition) is 0. The van der Waals surface area contributed by atoms with Crippen molar-refractivity contribution in [1.82, 2.24) is 0 Å². The van der Waals surface area contributed by atoms with E-state index in [0.29, 0.717) is 10.4 Å². The largest absolute Gasteiger partial charge is 0.385 e. The van der Waals surface area contributed by atoms with Crippen LogP contribution >= 0.6 is 11.3 Å². The van der Waals surface area contributed by atoms with Crippen molar-refractivity contribution in [2.45, 2.75) is 0 Å². The van der Waals surface area contributed by atoms with E-state index in [9.17, 15) is 9.59 Å². The van der Waals surface area contributed by atoms with E-state index >= 15 is 0 Å². The third-order valence-electron chi connectivity index (χ3n) is 1.22. The topological polar surface area (TPSA) is 43.4 Å². The highest BCUT2D eigenvalue weighted by atomic mass is 32.1. The van der Waals surface area contributed by atoms with Crippen molar-refractivity contribution in [2.75, 3.05) is 0 Å². The van der Waals surface area contributed by atoms with Crippen LogP contribution in [-0.2, 0) is 4.74 Å². The molecule has 0 aromatic carbocycles. The van der Waals surface area contributed by atoms with E-state index in [-0.39, 0.29) is 0 Å². The number of fused-ring (bicyclic) bond motifs is 2. The second-order valence-corrected chi connectivity index (χ2v) is 2.79. The molecule has 4 heteroatoms. The Balaban J connectivity index is 2.66. The molecule has 1 aromatic heterocycles. The van der Waals surface area contributed by atoms with Crippen molar-refractivity contribution >= 4 is 23.3 Å². The zero-order chi connectivity index (χ0) is 7.14. The molecule has 2 bridgehead atoms. The minimum atomic E-state index is -0.543. The van der Waals surface area contributed by atoms with Crippen molar-refractivity contribution < 1.29 is 14.3 Å². The highest BCUT2D eigenvalue weighted by Crippen LogP contribution is 2.21. The number of hydrogen-bond acceptors (Lipinski definition) is 4. The first kappa shape index (κ1) is 5.61. The molecule has 0 unspecified atom stereocenters. The van der Waals surface area contributed by atoms with Gasteiger partial charge in [0.25, 0.3) is 0 Å². The molecule has 1 aliphatic heterocycles. The Morgan fingerprint density at radius 3 is 2.90 bits per heavy atom. The van der Waals surface area contributed by atoms with E-state index in [4.69, 9.17) is 0 Å². The summed E-state index contributed by atoms with van der Waals surface area (Å²) in [5, 5.41) is 1.61. The van der Waals surface area contributed by atoms with Crippen LogP contribution in [0.4, 0.5) is 0 Å². The summed E-state index contributed by atoms with van der Waals surface area (Å²) in [6.07, 6.45) is 0. The maximum Gasteiger partial charge on any atom is 0.356 e. The Kier molecular flexibility index (Phi) is 0.935. The van der Waals surface area contributed by atoms with Gasteiger partial charge in [-0.3, -0.25) is 0 Å². The van der Waals surface area contributed by atoms with E-state index in [2.05, 4.69) is 4.74 Å². The molecule has 0 atom stereocenters. The Morgan fingerprint density at radius 1 is 1.30 bits per heavy atom. The van der Waals surface area contributed by atoms with Gasteiger partial charge in [-0.05, 0) is 6.07 Å². The zero-order valence-electron chi connectivity index (χ0n) is 4.79. The standard InChI is InChI=1S/C6H2O3S/c7-5-3-1-4(10-2-3)6(8)9-5/h1-2H. The molecule has 1 aliphatic rings. The van der Waals surface area contributed by atoms with Crippen molar-refractivity contribution in [2.24, 2.45) is 0 Å². The van der Waals surface area contributed by atoms with Crippen molar-refractivity contribution in [1.29, 1.82) is 0 Å². The summed E-state index contributed by atoms with van der Waals surface area (Å²) in [5.41, 5.74) is 0.472. The predicted octanol–water partition coefficient (Wildman–Crippen LogP) is 1.06. The maximum absolute atomic E-state index is 10.7. The van der Waals surface area contributed by atoms with Gasteiger partial charge in [-0.25, -0.2) is 9.59 Å². The fraction of sp³-hybridized carbons (Fsp3) is 0. The summed E-state index contributed by atoms with van der Waals surface area (Å²) in [4.78, 5) is 21.9. The summed E-state index contributed by atoms with van der Waals surface area (Å²) >= 11 is 1.23. The van der Waals surface area contributed by atoms with Gasteiger partial charge in [-0.2, -0.15) is 0 Å². The summed E-state index contributed by atoms with van der Waals surface area (Å²) in [7, 11) is 0. The fourth-order valence-electron chi connectivity index (χ4n) is 0.744. The molecule has 2 heterocycles. The van der Waals surface area contributed by atoms with Crippen LogP contribution in [0.5, 0.6) is 0 Å². The predicted molar refractivity (Wildman–Crippen MR) is 34.1 cm³/mol. The molecule has 10 heavy (non-hydrogen) atoms. The lowest BCUT2D eigenvalue weighted by Crippen LogP contribution is -2.14. The average molecular weight is 154 g/mol. The number of esters is 2. The number of carbonyl (C=O) groups is 2. The third-order valence-corrected chi connectivity index (χ3v) is 2.13. The molecule has 0 aliphatic carbocycles. The van der Waals surface area contributed by atoms with E-state index in [1.807, 2.05) is 0 Å². The third kappa shape index (κ3) is 0.593. The molecule has 2 rings (SSSR count).